The highest BCUT2D eigenvalue weighted by atomic mass is 32.2. The topological polar surface area (TPSA) is 76.3 Å². The molecule has 1 aliphatic rings. The first-order valence-corrected chi connectivity index (χ1v) is 6.59. The van der Waals surface area contributed by atoms with E-state index in [0.29, 0.717) is 0 Å². The summed E-state index contributed by atoms with van der Waals surface area (Å²) in [6, 6.07) is 6.48. The molecule has 2 rings (SSSR count). The van der Waals surface area contributed by atoms with E-state index in [4.69, 9.17) is 0 Å². The number of nitrogens with one attached hydrogen (secondary N) is 1. The quantitative estimate of drug-likeness (QED) is 0.718. The fraction of sp³-hybridized carbons (Fsp3) is 0.400. The summed E-state index contributed by atoms with van der Waals surface area (Å²) in [7, 11) is -3.15. The second kappa shape index (κ2) is 3.59. The highest BCUT2D eigenvalue weighted by molar-refractivity contribution is 7.90. The normalized spacial score (nSPS) is 22.4. The molecule has 0 radical (unpaired) electrons. The Hall–Kier alpha value is -0.910. The largest absolute Gasteiger partial charge is 0.387 e. The molecule has 1 aliphatic heterocycles. The molecule has 0 amide bonds. The van der Waals surface area contributed by atoms with Gasteiger partial charge in [-0.15, -0.1) is 0 Å². The van der Waals surface area contributed by atoms with Crippen molar-refractivity contribution in [3.63, 3.8) is 0 Å². The number of aliphatic hydroxyl groups excluding tert-OH is 1. The Morgan fingerprint density at radius 1 is 1.40 bits per heavy atom. The maximum Gasteiger partial charge on any atom is 0.175 e. The van der Waals surface area contributed by atoms with Crippen LogP contribution in [0.5, 0.6) is 0 Å². The molecule has 1 heterocycles. The van der Waals surface area contributed by atoms with Crippen molar-refractivity contribution in [2.75, 3.05) is 12.8 Å². The van der Waals surface area contributed by atoms with E-state index in [-0.39, 0.29) is 10.9 Å². The maximum atomic E-state index is 11.2. The van der Waals surface area contributed by atoms with E-state index in [1.165, 1.54) is 18.4 Å². The average Bonchev–Trinajstić information content (AvgIpc) is 2.99. The van der Waals surface area contributed by atoms with Gasteiger partial charge in [0, 0.05) is 18.8 Å². The molecule has 2 atom stereocenters. The van der Waals surface area contributed by atoms with Gasteiger partial charge in [-0.3, -0.25) is 0 Å². The first-order valence-electron chi connectivity index (χ1n) is 4.70. The molecule has 0 saturated carbocycles. The zero-order valence-electron chi connectivity index (χ0n) is 8.34. The number of hydrogen-bond acceptors (Lipinski definition) is 4. The summed E-state index contributed by atoms with van der Waals surface area (Å²) in [5.74, 6) is 0. The summed E-state index contributed by atoms with van der Waals surface area (Å²) in [6.45, 7) is 0.814. The number of rotatable bonds is 3. The van der Waals surface area contributed by atoms with Gasteiger partial charge in [0.25, 0.3) is 0 Å². The van der Waals surface area contributed by atoms with Crippen LogP contribution in [0.3, 0.4) is 0 Å². The molecule has 0 aliphatic carbocycles. The van der Waals surface area contributed by atoms with Gasteiger partial charge >= 0.3 is 0 Å². The van der Waals surface area contributed by atoms with Crippen LogP contribution in [0.25, 0.3) is 0 Å². The Bertz CT molecular complexity index is 448. The van der Waals surface area contributed by atoms with Crippen LogP contribution in [-0.4, -0.2) is 32.4 Å². The first-order chi connectivity index (χ1) is 6.98. The van der Waals surface area contributed by atoms with Crippen LogP contribution >= 0.6 is 0 Å². The van der Waals surface area contributed by atoms with E-state index >= 15 is 0 Å². The lowest BCUT2D eigenvalue weighted by Crippen LogP contribution is -2.08. The van der Waals surface area contributed by atoms with Gasteiger partial charge in [0.1, 0.15) is 0 Å². The third-order valence-corrected chi connectivity index (χ3v) is 3.60. The minimum Gasteiger partial charge on any atom is -0.387 e. The second-order valence-electron chi connectivity index (χ2n) is 3.80. The van der Waals surface area contributed by atoms with Crippen LogP contribution in [-0.2, 0) is 9.84 Å². The summed E-state index contributed by atoms with van der Waals surface area (Å²) >= 11 is 0. The summed E-state index contributed by atoms with van der Waals surface area (Å²) in [5, 5.41) is 12.8. The highest BCUT2D eigenvalue weighted by Crippen LogP contribution is 2.22. The van der Waals surface area contributed by atoms with Gasteiger partial charge in [-0.2, -0.15) is 0 Å². The molecule has 15 heavy (non-hydrogen) atoms. The molecule has 1 fully saturated rings. The minimum atomic E-state index is -3.15. The van der Waals surface area contributed by atoms with Crippen LogP contribution in [0.15, 0.2) is 29.2 Å². The molecule has 1 saturated heterocycles. The third kappa shape index (κ3) is 2.37. The minimum absolute atomic E-state index is 0.120. The number of hydrogen-bond donors (Lipinski definition) is 2. The molecule has 82 valence electrons. The Morgan fingerprint density at radius 3 is 2.33 bits per heavy atom. The molecular weight excluding hydrogens is 214 g/mol. The predicted molar refractivity (Wildman–Crippen MR) is 56.3 cm³/mol. The van der Waals surface area contributed by atoms with E-state index < -0.39 is 15.9 Å². The van der Waals surface area contributed by atoms with Gasteiger partial charge < -0.3 is 10.4 Å². The van der Waals surface area contributed by atoms with E-state index in [1.807, 2.05) is 0 Å². The van der Waals surface area contributed by atoms with Crippen molar-refractivity contribution in [2.24, 2.45) is 0 Å². The summed E-state index contributed by atoms with van der Waals surface area (Å²) in [5.41, 5.74) is 0.748. The zero-order chi connectivity index (χ0) is 11.1. The van der Waals surface area contributed by atoms with Crippen LogP contribution in [0.2, 0.25) is 0 Å². The molecule has 1 aromatic rings. The number of aliphatic hydroxyl groups is 1. The van der Waals surface area contributed by atoms with Crippen LogP contribution in [0.4, 0.5) is 0 Å². The molecule has 0 bridgehead atoms. The molecule has 5 heteroatoms. The van der Waals surface area contributed by atoms with Crippen molar-refractivity contribution in [1.82, 2.24) is 5.32 Å². The summed E-state index contributed by atoms with van der Waals surface area (Å²) in [6.07, 6.45) is 0.625. The molecule has 0 spiro atoms. The summed E-state index contributed by atoms with van der Waals surface area (Å²) < 4.78 is 22.4. The molecule has 0 aromatic heterocycles. The molecule has 1 aromatic carbocycles. The van der Waals surface area contributed by atoms with Crippen molar-refractivity contribution in [2.45, 2.75) is 17.0 Å². The SMILES string of the molecule is CS(=O)(=O)c1ccc([C@@H](O)C2CN2)cc1. The van der Waals surface area contributed by atoms with Crippen LogP contribution in [0.1, 0.15) is 11.7 Å². The van der Waals surface area contributed by atoms with Gasteiger partial charge in [-0.05, 0) is 17.7 Å². The fourth-order valence-electron chi connectivity index (χ4n) is 1.44. The fourth-order valence-corrected chi connectivity index (χ4v) is 2.07. The van der Waals surface area contributed by atoms with Gasteiger partial charge in [-0.1, -0.05) is 12.1 Å². The lowest BCUT2D eigenvalue weighted by Gasteiger charge is -2.08. The van der Waals surface area contributed by atoms with E-state index in [1.54, 1.807) is 12.1 Å². The lowest BCUT2D eigenvalue weighted by atomic mass is 10.1. The van der Waals surface area contributed by atoms with Gasteiger partial charge in [0.2, 0.25) is 0 Å². The highest BCUT2D eigenvalue weighted by Gasteiger charge is 2.29. The summed E-state index contributed by atoms with van der Waals surface area (Å²) in [4.78, 5) is 0.280. The van der Waals surface area contributed by atoms with Crippen molar-refractivity contribution in [3.05, 3.63) is 29.8 Å². The van der Waals surface area contributed by atoms with E-state index in [2.05, 4.69) is 5.32 Å². The molecule has 2 N–H and O–H groups in total. The zero-order valence-corrected chi connectivity index (χ0v) is 9.16. The molecular formula is C10H13NO3S. The Kier molecular flexibility index (Phi) is 2.54. The number of sulfone groups is 1. The lowest BCUT2D eigenvalue weighted by molar-refractivity contribution is 0.176. The van der Waals surface area contributed by atoms with E-state index in [9.17, 15) is 13.5 Å². The van der Waals surface area contributed by atoms with E-state index in [0.717, 1.165) is 12.1 Å². The van der Waals surface area contributed by atoms with Crippen LogP contribution in [0, 0.1) is 0 Å². The predicted octanol–water partition coefficient (Wildman–Crippen LogP) is 0.0953. The monoisotopic (exact) mass is 227 g/mol. The van der Waals surface area contributed by atoms with Crippen molar-refractivity contribution < 1.29 is 13.5 Å². The van der Waals surface area contributed by atoms with Gasteiger partial charge in [0.05, 0.1) is 11.0 Å². The van der Waals surface area contributed by atoms with Gasteiger partial charge in [0.15, 0.2) is 9.84 Å². The Morgan fingerprint density at radius 2 is 1.93 bits per heavy atom. The Balaban J connectivity index is 2.23. The van der Waals surface area contributed by atoms with Crippen molar-refractivity contribution in [1.29, 1.82) is 0 Å². The maximum absolute atomic E-state index is 11.2. The van der Waals surface area contributed by atoms with Crippen molar-refractivity contribution >= 4 is 9.84 Å². The molecule has 1 unspecified atom stereocenters. The third-order valence-electron chi connectivity index (χ3n) is 2.47. The smallest absolute Gasteiger partial charge is 0.175 e. The van der Waals surface area contributed by atoms with Crippen molar-refractivity contribution in [3.8, 4) is 0 Å². The second-order valence-corrected chi connectivity index (χ2v) is 5.82. The number of benzene rings is 1. The first kappa shape index (κ1) is 10.6. The van der Waals surface area contributed by atoms with Gasteiger partial charge in [-0.25, -0.2) is 8.42 Å². The van der Waals surface area contributed by atoms with Crippen LogP contribution < -0.4 is 5.32 Å². The Labute approximate surface area is 88.9 Å². The standard InChI is InChI=1S/C10H13NO3S/c1-15(13,14)8-4-2-7(3-5-8)10(12)9-6-11-9/h2-5,9-12H,6H2,1H3/t9?,10-/m1/s1. The molecule has 4 nitrogen and oxygen atoms in total. The average molecular weight is 227 g/mol.